The van der Waals surface area contributed by atoms with Crippen molar-refractivity contribution in [3.63, 3.8) is 0 Å². The smallest absolute Gasteiger partial charge is 0.344 e. The van der Waals surface area contributed by atoms with Crippen LogP contribution in [-0.4, -0.2) is 145 Å². The Morgan fingerprint density at radius 3 is 0.385 bits per heavy atom. The summed E-state index contributed by atoms with van der Waals surface area (Å²) in [7, 11) is 0. The fraction of sp³-hybridized carbons (Fsp3) is 0.600. The number of rotatable bonds is 24. The molecule has 0 saturated heterocycles. The standard InChI is InChI=1S/C80H112O24/c1-45-49-29-51(59(91-39-67(83)99-75(11,12)13)33-57(49)89-37-65(81)97-73(5,6)7)46(2)53-31-55(63(95-43-71(87)103-79(23,24)25)35-61(53)93-41-69(85)101-77(17,18)19)48(4)56-32-54(62(94-42-70(86)102-78(20,21)22)36-64(56)96-44-72(88)104-80(26,27)28)47(3)52-30-50(45)58(90-38-66(82)98-74(8,9)10)34-60(52)92-40-68(84)100-76(14,15)16/h29-36,45-48H,37-44H2,1-28H3. The van der Waals surface area contributed by atoms with Crippen LogP contribution in [0.1, 0.15) is 262 Å². The Morgan fingerprint density at radius 2 is 0.298 bits per heavy atom. The first-order chi connectivity index (χ1) is 47.4. The summed E-state index contributed by atoms with van der Waals surface area (Å²) in [5.74, 6) is -9.31. The van der Waals surface area contributed by atoms with Gasteiger partial charge in [-0.1, -0.05) is 27.7 Å². The molecule has 24 nitrogen and oxygen atoms in total. The van der Waals surface area contributed by atoms with E-state index in [2.05, 4.69) is 0 Å². The van der Waals surface area contributed by atoms with E-state index in [0.717, 1.165) is 0 Å². The van der Waals surface area contributed by atoms with E-state index in [-0.39, 0.29) is 46.0 Å². The molecule has 24 heteroatoms. The molecule has 576 valence electrons. The molecule has 0 amide bonds. The minimum atomic E-state index is -0.939. The van der Waals surface area contributed by atoms with Gasteiger partial charge in [0.05, 0.1) is 0 Å². The highest BCUT2D eigenvalue weighted by atomic mass is 16.6. The Labute approximate surface area is 613 Å². The van der Waals surface area contributed by atoms with Gasteiger partial charge in [-0.15, -0.1) is 0 Å². The fourth-order valence-corrected chi connectivity index (χ4v) is 10.8. The first-order valence-corrected chi connectivity index (χ1v) is 34.9. The van der Waals surface area contributed by atoms with Crippen molar-refractivity contribution in [1.29, 1.82) is 0 Å². The van der Waals surface area contributed by atoms with Crippen LogP contribution in [0, 0.1) is 0 Å². The maximum atomic E-state index is 13.8. The molecule has 0 N–H and O–H groups in total. The maximum absolute atomic E-state index is 13.8. The molecule has 0 unspecified atom stereocenters. The van der Waals surface area contributed by atoms with Crippen LogP contribution in [0.3, 0.4) is 0 Å². The predicted octanol–water partition coefficient (Wildman–Crippen LogP) is 14.4. The molecular weight excluding hydrogens is 1340 g/mol. The molecule has 104 heavy (non-hydrogen) atoms. The van der Waals surface area contributed by atoms with Gasteiger partial charge in [0.25, 0.3) is 0 Å². The van der Waals surface area contributed by atoms with Crippen LogP contribution >= 0.6 is 0 Å². The van der Waals surface area contributed by atoms with Gasteiger partial charge in [0, 0.05) is 92.4 Å². The molecule has 1 aliphatic carbocycles. The van der Waals surface area contributed by atoms with Crippen molar-refractivity contribution in [3.8, 4) is 46.0 Å². The van der Waals surface area contributed by atoms with Gasteiger partial charge in [0.15, 0.2) is 52.9 Å². The van der Waals surface area contributed by atoms with Gasteiger partial charge in [-0.3, -0.25) is 0 Å². The molecule has 0 atom stereocenters. The lowest BCUT2D eigenvalue weighted by Gasteiger charge is -2.30. The largest absolute Gasteiger partial charge is 0.481 e. The van der Waals surface area contributed by atoms with Crippen LogP contribution in [0.4, 0.5) is 0 Å². The summed E-state index contributed by atoms with van der Waals surface area (Å²) < 4.78 is 98.5. The van der Waals surface area contributed by atoms with Crippen LogP contribution in [0.15, 0.2) is 48.5 Å². The number of hydrogen-bond acceptors (Lipinski definition) is 24. The molecule has 1 aliphatic rings. The SMILES string of the molecule is CC1c2cc(c(OCC(=O)OC(C)(C)C)cc2OCC(=O)OC(C)(C)C)C(C)c2cc(c(OCC(=O)OC(C)(C)C)cc2OCC(=O)OC(C)(C)C)C(C)c2cc(c(OCC(=O)OC(C)(C)C)cc2OCC(=O)OC(C)(C)C)C(C)c2cc1c(OCC(=O)OC(C)(C)C)cc2OCC(=O)OC(C)(C)C. The third kappa shape index (κ3) is 28.2. The molecule has 8 bridgehead atoms. The van der Waals surface area contributed by atoms with Gasteiger partial charge >= 0.3 is 47.8 Å². The zero-order valence-corrected chi connectivity index (χ0v) is 66.4. The van der Waals surface area contributed by atoms with Gasteiger partial charge < -0.3 is 75.8 Å². The zero-order valence-electron chi connectivity index (χ0n) is 66.4. The van der Waals surface area contributed by atoms with E-state index in [0.29, 0.717) is 44.5 Å². The lowest BCUT2D eigenvalue weighted by molar-refractivity contribution is -0.158. The summed E-state index contributed by atoms with van der Waals surface area (Å²) in [6.07, 6.45) is 0. The van der Waals surface area contributed by atoms with Crippen molar-refractivity contribution in [2.24, 2.45) is 0 Å². The topological polar surface area (TPSA) is 284 Å². The maximum Gasteiger partial charge on any atom is 0.344 e. The van der Waals surface area contributed by atoms with Crippen molar-refractivity contribution >= 4 is 47.8 Å². The Morgan fingerprint density at radius 1 is 0.202 bits per heavy atom. The molecule has 4 aromatic carbocycles. The predicted molar refractivity (Wildman–Crippen MR) is 387 cm³/mol. The van der Waals surface area contributed by atoms with Gasteiger partial charge in [-0.25, -0.2) is 38.4 Å². The highest BCUT2D eigenvalue weighted by Gasteiger charge is 2.36. The molecule has 0 heterocycles. The lowest BCUT2D eigenvalue weighted by Crippen LogP contribution is -2.28. The van der Waals surface area contributed by atoms with Crippen molar-refractivity contribution in [2.45, 2.75) is 262 Å². The van der Waals surface area contributed by atoms with E-state index in [4.69, 9.17) is 75.8 Å². The van der Waals surface area contributed by atoms with E-state index < -0.39 is 169 Å². The first-order valence-electron chi connectivity index (χ1n) is 34.9. The molecule has 0 aliphatic heterocycles. The lowest BCUT2D eigenvalue weighted by atomic mass is 9.80. The third-order valence-electron chi connectivity index (χ3n) is 14.4. The highest BCUT2D eigenvalue weighted by Crippen LogP contribution is 2.51. The number of esters is 8. The second-order valence-corrected chi connectivity index (χ2v) is 33.6. The van der Waals surface area contributed by atoms with Crippen molar-refractivity contribution in [1.82, 2.24) is 0 Å². The van der Waals surface area contributed by atoms with Crippen molar-refractivity contribution in [2.75, 3.05) is 52.9 Å². The Bertz CT molecular complexity index is 3040. The van der Waals surface area contributed by atoms with Crippen LogP contribution in [-0.2, 0) is 76.3 Å². The minimum absolute atomic E-state index is 0.0450. The Hall–Kier alpha value is -8.96. The summed E-state index contributed by atoms with van der Waals surface area (Å²) in [5.41, 5.74) is -4.68. The van der Waals surface area contributed by atoms with E-state index in [9.17, 15) is 38.4 Å². The van der Waals surface area contributed by atoms with Crippen LogP contribution in [0.2, 0.25) is 0 Å². The van der Waals surface area contributed by atoms with Gasteiger partial charge in [-0.2, -0.15) is 0 Å². The van der Waals surface area contributed by atoms with Crippen LogP contribution in [0.5, 0.6) is 46.0 Å². The molecule has 4 aromatic rings. The molecule has 0 saturated carbocycles. The highest BCUT2D eigenvalue weighted by molar-refractivity contribution is 5.77. The van der Waals surface area contributed by atoms with E-state index in [1.807, 2.05) is 27.7 Å². The third-order valence-corrected chi connectivity index (χ3v) is 14.4. The summed E-state index contributed by atoms with van der Waals surface area (Å²) in [5, 5.41) is 0. The summed E-state index contributed by atoms with van der Waals surface area (Å²) >= 11 is 0. The number of carbonyl (C=O) groups is 8. The average molecular weight is 1460 g/mol. The zero-order chi connectivity index (χ0) is 78.8. The van der Waals surface area contributed by atoms with Gasteiger partial charge in [0.1, 0.15) is 90.8 Å². The number of carbonyl (C=O) groups excluding carboxylic acids is 8. The normalized spacial score (nSPS) is 15.7. The second-order valence-electron chi connectivity index (χ2n) is 33.6. The van der Waals surface area contributed by atoms with E-state index in [1.54, 1.807) is 190 Å². The van der Waals surface area contributed by atoms with Gasteiger partial charge in [-0.05, 0) is 190 Å². The summed E-state index contributed by atoms with van der Waals surface area (Å²) in [4.78, 5) is 111. The molecule has 0 radical (unpaired) electrons. The number of fused-ring (bicyclic) bond motifs is 8. The number of hydrogen-bond donors (Lipinski definition) is 0. The Balaban J connectivity index is 2.15. The second kappa shape index (κ2) is 33.9. The van der Waals surface area contributed by atoms with Crippen LogP contribution < -0.4 is 37.9 Å². The minimum Gasteiger partial charge on any atom is -0.481 e. The fourth-order valence-electron chi connectivity index (χ4n) is 10.8. The van der Waals surface area contributed by atoms with Crippen molar-refractivity contribution in [3.05, 3.63) is 93.0 Å². The summed E-state index contributed by atoms with van der Waals surface area (Å²) in [6.45, 7) is 43.1. The first kappa shape index (κ1) is 85.7. The molecule has 0 spiro atoms. The van der Waals surface area contributed by atoms with E-state index in [1.165, 1.54) is 24.3 Å². The summed E-state index contributed by atoms with van der Waals surface area (Å²) in [6, 6.07) is 13.1. The monoisotopic (exact) mass is 1460 g/mol. The molecule has 5 rings (SSSR count). The molecule has 0 fully saturated rings. The number of benzene rings is 4. The average Bonchev–Trinajstić information content (AvgIpc) is 0.753. The Kier molecular flexibility index (Phi) is 27.9. The van der Waals surface area contributed by atoms with Crippen LogP contribution in [0.25, 0.3) is 0 Å². The molecule has 0 aromatic heterocycles. The molecular formula is C80H112O24. The van der Waals surface area contributed by atoms with E-state index >= 15 is 0 Å². The quantitative estimate of drug-likeness (QED) is 0.0465. The number of ether oxygens (including phenoxy) is 16. The van der Waals surface area contributed by atoms with Crippen molar-refractivity contribution < 1.29 is 114 Å². The van der Waals surface area contributed by atoms with Gasteiger partial charge in [0.2, 0.25) is 0 Å².